The lowest BCUT2D eigenvalue weighted by Crippen LogP contribution is -2.50. The van der Waals surface area contributed by atoms with E-state index in [-0.39, 0.29) is 18.1 Å². The van der Waals surface area contributed by atoms with E-state index < -0.39 is 0 Å². The van der Waals surface area contributed by atoms with E-state index in [1.54, 1.807) is 0 Å². The third kappa shape index (κ3) is 3.63. The first-order chi connectivity index (χ1) is 11.7. The lowest BCUT2D eigenvalue weighted by Gasteiger charge is -2.37. The molecule has 0 spiro atoms. The van der Waals surface area contributed by atoms with Crippen molar-refractivity contribution in [1.82, 2.24) is 9.80 Å². The van der Waals surface area contributed by atoms with Crippen LogP contribution in [0.5, 0.6) is 0 Å². The second-order valence-corrected chi connectivity index (χ2v) is 6.71. The van der Waals surface area contributed by atoms with Gasteiger partial charge in [-0.05, 0) is 36.9 Å². The van der Waals surface area contributed by atoms with Crippen molar-refractivity contribution in [3.8, 4) is 12.3 Å². The number of hydrogen-bond acceptors (Lipinski definition) is 3. The topological polar surface area (TPSA) is 32.8 Å². The first-order valence-electron chi connectivity index (χ1n) is 8.82. The highest BCUT2D eigenvalue weighted by Crippen LogP contribution is 2.28. The normalized spacial score (nSPS) is 24.0. The van der Waals surface area contributed by atoms with Gasteiger partial charge in [0.1, 0.15) is 6.10 Å². The Morgan fingerprint density at radius 2 is 2.25 bits per heavy atom. The Morgan fingerprint density at radius 1 is 1.42 bits per heavy atom. The molecule has 4 heteroatoms. The summed E-state index contributed by atoms with van der Waals surface area (Å²) in [7, 11) is 1.88. The van der Waals surface area contributed by atoms with E-state index in [0.29, 0.717) is 13.1 Å². The molecule has 1 aromatic carbocycles. The molecule has 0 saturated carbocycles. The van der Waals surface area contributed by atoms with Gasteiger partial charge in [0.05, 0.1) is 25.7 Å². The molecule has 2 heterocycles. The van der Waals surface area contributed by atoms with Crippen LogP contribution in [-0.4, -0.2) is 55.0 Å². The SMILES string of the molecule is C#CCN1CCCC[C@@H]1C(=O)N(C)C[C@@H]1OCCc2ccccc21. The van der Waals surface area contributed by atoms with E-state index in [9.17, 15) is 4.79 Å². The Morgan fingerprint density at radius 3 is 3.08 bits per heavy atom. The van der Waals surface area contributed by atoms with Gasteiger partial charge in [-0.1, -0.05) is 36.6 Å². The second kappa shape index (κ2) is 7.83. The van der Waals surface area contributed by atoms with E-state index in [2.05, 4.69) is 29.0 Å². The lowest BCUT2D eigenvalue weighted by atomic mass is 9.96. The third-order valence-corrected chi connectivity index (χ3v) is 5.10. The molecule has 0 unspecified atom stereocenters. The fourth-order valence-corrected chi connectivity index (χ4v) is 3.80. The summed E-state index contributed by atoms with van der Waals surface area (Å²) in [5.74, 6) is 2.85. The Bertz CT molecular complexity index is 622. The lowest BCUT2D eigenvalue weighted by molar-refractivity contribution is -0.138. The number of piperidine rings is 1. The molecular formula is C20H26N2O2. The Labute approximate surface area is 144 Å². The van der Waals surface area contributed by atoms with Crippen LogP contribution in [0, 0.1) is 12.3 Å². The van der Waals surface area contributed by atoms with Crippen molar-refractivity contribution in [3.63, 3.8) is 0 Å². The maximum absolute atomic E-state index is 12.9. The molecular weight excluding hydrogens is 300 g/mol. The van der Waals surface area contributed by atoms with E-state index in [0.717, 1.165) is 38.8 Å². The van der Waals surface area contributed by atoms with E-state index in [1.807, 2.05) is 18.0 Å². The molecule has 3 rings (SSSR count). The Hall–Kier alpha value is -1.83. The number of benzene rings is 1. The number of carbonyl (C=O) groups excluding carboxylic acids is 1. The molecule has 0 bridgehead atoms. The molecule has 2 aliphatic rings. The van der Waals surface area contributed by atoms with Gasteiger partial charge in [0.25, 0.3) is 0 Å². The molecule has 0 aliphatic carbocycles. The van der Waals surface area contributed by atoms with Crippen molar-refractivity contribution in [2.24, 2.45) is 0 Å². The largest absolute Gasteiger partial charge is 0.371 e. The molecule has 24 heavy (non-hydrogen) atoms. The predicted molar refractivity (Wildman–Crippen MR) is 94.5 cm³/mol. The zero-order chi connectivity index (χ0) is 16.9. The van der Waals surface area contributed by atoms with Crippen molar-refractivity contribution >= 4 is 5.91 Å². The van der Waals surface area contributed by atoms with Crippen molar-refractivity contribution in [3.05, 3.63) is 35.4 Å². The summed E-state index contributed by atoms with van der Waals surface area (Å²) in [5.41, 5.74) is 2.55. The maximum Gasteiger partial charge on any atom is 0.239 e. The maximum atomic E-state index is 12.9. The number of terminal acetylenes is 1. The van der Waals surface area contributed by atoms with Crippen molar-refractivity contribution in [2.45, 2.75) is 37.8 Å². The smallest absolute Gasteiger partial charge is 0.239 e. The standard InChI is InChI=1S/C20H26N2O2/c1-3-12-22-13-7-6-10-18(22)20(23)21(2)15-19-17-9-5-4-8-16(17)11-14-24-19/h1,4-5,8-9,18-19H,6-7,10-15H2,2H3/t18-,19+/m1/s1. The van der Waals surface area contributed by atoms with Crippen LogP contribution >= 0.6 is 0 Å². The average Bonchev–Trinajstić information content (AvgIpc) is 2.62. The highest BCUT2D eigenvalue weighted by molar-refractivity contribution is 5.81. The molecule has 1 saturated heterocycles. The molecule has 0 radical (unpaired) electrons. The number of amides is 1. The summed E-state index contributed by atoms with van der Waals surface area (Å²) < 4.78 is 5.95. The zero-order valence-electron chi connectivity index (χ0n) is 14.4. The Balaban J connectivity index is 1.67. The first-order valence-corrected chi connectivity index (χ1v) is 8.82. The van der Waals surface area contributed by atoms with Gasteiger partial charge in [0.2, 0.25) is 5.91 Å². The number of rotatable bonds is 4. The summed E-state index contributed by atoms with van der Waals surface area (Å²) in [6, 6.07) is 8.29. The van der Waals surface area contributed by atoms with Gasteiger partial charge in [-0.2, -0.15) is 0 Å². The summed E-state index contributed by atoms with van der Waals surface area (Å²) in [5, 5.41) is 0. The number of nitrogens with zero attached hydrogens (tertiary/aromatic N) is 2. The van der Waals surface area contributed by atoms with Crippen molar-refractivity contribution in [2.75, 3.05) is 33.3 Å². The highest BCUT2D eigenvalue weighted by atomic mass is 16.5. The van der Waals surface area contributed by atoms with Gasteiger partial charge in [-0.3, -0.25) is 9.69 Å². The molecule has 0 aromatic heterocycles. The summed E-state index contributed by atoms with van der Waals surface area (Å²) >= 11 is 0. The third-order valence-electron chi connectivity index (χ3n) is 5.10. The molecule has 0 N–H and O–H groups in total. The van der Waals surface area contributed by atoms with Gasteiger partial charge in [0.15, 0.2) is 0 Å². The van der Waals surface area contributed by atoms with Crippen LogP contribution in [0.25, 0.3) is 0 Å². The molecule has 2 atom stereocenters. The average molecular weight is 326 g/mol. The number of ether oxygens (including phenoxy) is 1. The molecule has 1 fully saturated rings. The number of fused-ring (bicyclic) bond motifs is 1. The fourth-order valence-electron chi connectivity index (χ4n) is 3.80. The van der Waals surface area contributed by atoms with Gasteiger partial charge in [-0.15, -0.1) is 6.42 Å². The van der Waals surface area contributed by atoms with Crippen LogP contribution in [0.2, 0.25) is 0 Å². The van der Waals surface area contributed by atoms with Crippen LogP contribution < -0.4 is 0 Å². The second-order valence-electron chi connectivity index (χ2n) is 6.71. The molecule has 2 aliphatic heterocycles. The number of carbonyl (C=O) groups is 1. The van der Waals surface area contributed by atoms with Gasteiger partial charge in [-0.25, -0.2) is 0 Å². The molecule has 4 nitrogen and oxygen atoms in total. The fraction of sp³-hybridized carbons (Fsp3) is 0.550. The minimum absolute atomic E-state index is 0.0337. The van der Waals surface area contributed by atoms with Crippen molar-refractivity contribution < 1.29 is 9.53 Å². The van der Waals surface area contributed by atoms with E-state index in [4.69, 9.17) is 11.2 Å². The van der Waals surface area contributed by atoms with E-state index >= 15 is 0 Å². The molecule has 1 aromatic rings. The summed E-state index contributed by atoms with van der Waals surface area (Å²) in [6.45, 7) is 2.77. The van der Waals surface area contributed by atoms with Crippen LogP contribution in [-0.2, 0) is 16.0 Å². The summed E-state index contributed by atoms with van der Waals surface area (Å²) in [6.07, 6.45) is 9.48. The zero-order valence-corrected chi connectivity index (χ0v) is 14.4. The number of hydrogen-bond donors (Lipinski definition) is 0. The van der Waals surface area contributed by atoms with Gasteiger partial charge >= 0.3 is 0 Å². The minimum Gasteiger partial charge on any atom is -0.371 e. The van der Waals surface area contributed by atoms with E-state index in [1.165, 1.54) is 11.1 Å². The van der Waals surface area contributed by atoms with Gasteiger partial charge < -0.3 is 9.64 Å². The van der Waals surface area contributed by atoms with Crippen LogP contribution in [0.4, 0.5) is 0 Å². The molecule has 128 valence electrons. The number of likely N-dealkylation sites (tertiary alicyclic amines) is 1. The van der Waals surface area contributed by atoms with Gasteiger partial charge in [0, 0.05) is 7.05 Å². The van der Waals surface area contributed by atoms with Crippen LogP contribution in [0.1, 0.15) is 36.5 Å². The molecule has 1 amide bonds. The van der Waals surface area contributed by atoms with Crippen LogP contribution in [0.15, 0.2) is 24.3 Å². The quantitative estimate of drug-likeness (QED) is 0.796. The predicted octanol–water partition coefficient (Wildman–Crippen LogP) is 2.25. The Kier molecular flexibility index (Phi) is 5.55. The monoisotopic (exact) mass is 326 g/mol. The number of likely N-dealkylation sites (N-methyl/N-ethyl adjacent to an activating group) is 1. The first kappa shape index (κ1) is 17.0. The van der Waals surface area contributed by atoms with Crippen molar-refractivity contribution in [1.29, 1.82) is 0 Å². The minimum atomic E-state index is -0.0846. The summed E-state index contributed by atoms with van der Waals surface area (Å²) in [4.78, 5) is 16.9. The van der Waals surface area contributed by atoms with Crippen LogP contribution in [0.3, 0.4) is 0 Å². The highest BCUT2D eigenvalue weighted by Gasteiger charge is 2.32.